The van der Waals surface area contributed by atoms with E-state index in [-0.39, 0.29) is 25.3 Å². The maximum absolute atomic E-state index is 8.84. The van der Waals surface area contributed by atoms with Crippen LogP contribution in [0.5, 0.6) is 0 Å². The highest BCUT2D eigenvalue weighted by Crippen LogP contribution is 1.75. The Morgan fingerprint density at radius 2 is 0.857 bits per heavy atom. The summed E-state index contributed by atoms with van der Waals surface area (Å²) in [7, 11) is 0. The van der Waals surface area contributed by atoms with Crippen LogP contribution in [0, 0.1) is 0 Å². The summed E-state index contributed by atoms with van der Waals surface area (Å²) in [6.45, 7) is 11.7. The molecule has 7 nitrogen and oxygen atoms in total. The van der Waals surface area contributed by atoms with Crippen LogP contribution in [-0.4, -0.2) is 87.9 Å². The molecule has 0 aromatic carbocycles. The van der Waals surface area contributed by atoms with Gasteiger partial charge in [-0.25, -0.2) is 0 Å². The first kappa shape index (κ1) is 20.7. The average molecular weight is 305 g/mol. The molecule has 0 aliphatic rings. The zero-order chi connectivity index (χ0) is 15.8. The van der Waals surface area contributed by atoms with Gasteiger partial charge in [-0.05, 0) is 13.8 Å². The topological polar surface area (TPSA) is 101 Å². The van der Waals surface area contributed by atoms with Crippen molar-refractivity contribution in [2.24, 2.45) is 0 Å². The van der Waals surface area contributed by atoms with Crippen LogP contribution in [0.15, 0.2) is 0 Å². The van der Waals surface area contributed by atoms with Crippen molar-refractivity contribution >= 4 is 0 Å². The summed E-state index contributed by atoms with van der Waals surface area (Å²) in [5.41, 5.74) is 0. The second-order valence-electron chi connectivity index (χ2n) is 5.33. The summed E-state index contributed by atoms with van der Waals surface area (Å²) in [5, 5.41) is 34.1. The molecule has 128 valence electrons. The van der Waals surface area contributed by atoms with Crippen LogP contribution in [0.4, 0.5) is 0 Å². The van der Waals surface area contributed by atoms with Crippen molar-refractivity contribution in [1.82, 2.24) is 26.6 Å². The van der Waals surface area contributed by atoms with Gasteiger partial charge in [0.1, 0.15) is 0 Å². The molecule has 0 aromatic heterocycles. The Morgan fingerprint density at radius 1 is 0.571 bits per heavy atom. The Morgan fingerprint density at radius 3 is 1.14 bits per heavy atom. The molecule has 7 N–H and O–H groups in total. The highest BCUT2D eigenvalue weighted by atomic mass is 16.3. The Kier molecular flexibility index (Phi) is 15.9. The van der Waals surface area contributed by atoms with E-state index in [1.54, 1.807) is 0 Å². The third-order valence-corrected chi connectivity index (χ3v) is 3.09. The van der Waals surface area contributed by atoms with Crippen LogP contribution in [0.2, 0.25) is 0 Å². The van der Waals surface area contributed by atoms with Crippen LogP contribution in [0.3, 0.4) is 0 Å². The van der Waals surface area contributed by atoms with Crippen LogP contribution < -0.4 is 26.6 Å². The molecule has 0 amide bonds. The van der Waals surface area contributed by atoms with Crippen molar-refractivity contribution in [2.75, 3.05) is 65.6 Å². The van der Waals surface area contributed by atoms with E-state index in [0.29, 0.717) is 0 Å². The summed E-state index contributed by atoms with van der Waals surface area (Å²) in [4.78, 5) is 0. The standard InChI is InChI=1S/C14H35N5O2/c1-13(11-20)18-9-7-16-5-3-15-4-6-17-8-10-19-14(2)12-21/h13-21H,3-12H2,1-2H3. The molecule has 0 spiro atoms. The molecule has 0 aliphatic heterocycles. The summed E-state index contributed by atoms with van der Waals surface area (Å²) in [6.07, 6.45) is 0. The third-order valence-electron chi connectivity index (χ3n) is 3.09. The van der Waals surface area contributed by atoms with Gasteiger partial charge in [-0.15, -0.1) is 0 Å². The first-order valence-corrected chi connectivity index (χ1v) is 8.01. The fourth-order valence-electron chi connectivity index (χ4n) is 1.67. The van der Waals surface area contributed by atoms with Crippen molar-refractivity contribution in [3.63, 3.8) is 0 Å². The molecular formula is C14H35N5O2. The first-order chi connectivity index (χ1) is 10.2. The first-order valence-electron chi connectivity index (χ1n) is 8.01. The van der Waals surface area contributed by atoms with Gasteiger partial charge in [0.15, 0.2) is 0 Å². The maximum Gasteiger partial charge on any atom is 0.0581 e. The van der Waals surface area contributed by atoms with Crippen LogP contribution >= 0.6 is 0 Å². The highest BCUT2D eigenvalue weighted by Gasteiger charge is 1.97. The third kappa shape index (κ3) is 15.9. The van der Waals surface area contributed by atoms with E-state index in [1.165, 1.54) is 0 Å². The number of hydrogen-bond acceptors (Lipinski definition) is 7. The maximum atomic E-state index is 8.84. The summed E-state index contributed by atoms with van der Waals surface area (Å²) in [6, 6.07) is 0.344. The Hall–Kier alpha value is -0.280. The van der Waals surface area contributed by atoms with E-state index < -0.39 is 0 Å². The molecule has 0 aliphatic carbocycles. The van der Waals surface area contributed by atoms with E-state index in [9.17, 15) is 0 Å². The molecule has 0 fully saturated rings. The summed E-state index contributed by atoms with van der Waals surface area (Å²) in [5.74, 6) is 0. The van der Waals surface area contributed by atoms with Crippen LogP contribution in [0.25, 0.3) is 0 Å². The van der Waals surface area contributed by atoms with E-state index in [4.69, 9.17) is 10.2 Å². The number of rotatable bonds is 16. The molecule has 21 heavy (non-hydrogen) atoms. The van der Waals surface area contributed by atoms with Crippen LogP contribution in [-0.2, 0) is 0 Å². The van der Waals surface area contributed by atoms with Gasteiger partial charge in [-0.1, -0.05) is 0 Å². The molecular weight excluding hydrogens is 270 g/mol. The monoisotopic (exact) mass is 305 g/mol. The molecule has 0 saturated heterocycles. The Labute approximate surface area is 129 Å². The molecule has 0 heterocycles. The van der Waals surface area contributed by atoms with Gasteiger partial charge in [0.25, 0.3) is 0 Å². The molecule has 2 unspecified atom stereocenters. The van der Waals surface area contributed by atoms with Gasteiger partial charge in [-0.3, -0.25) is 0 Å². The number of aliphatic hydroxyl groups excluding tert-OH is 2. The smallest absolute Gasteiger partial charge is 0.0581 e. The highest BCUT2D eigenvalue weighted by molar-refractivity contribution is 4.62. The molecule has 7 heteroatoms. The zero-order valence-electron chi connectivity index (χ0n) is 13.6. The minimum absolute atomic E-state index is 0.172. The number of aliphatic hydroxyl groups is 2. The van der Waals surface area contributed by atoms with Crippen molar-refractivity contribution in [3.8, 4) is 0 Å². The zero-order valence-corrected chi connectivity index (χ0v) is 13.6. The minimum atomic E-state index is 0.172. The Balaban J connectivity index is 3.03. The van der Waals surface area contributed by atoms with Crippen LogP contribution in [0.1, 0.15) is 13.8 Å². The van der Waals surface area contributed by atoms with Gasteiger partial charge >= 0.3 is 0 Å². The number of hydrogen-bond donors (Lipinski definition) is 7. The SMILES string of the molecule is CC(CO)NCCNCCNCCNCCNC(C)CO. The van der Waals surface area contributed by atoms with Gasteiger partial charge in [0.2, 0.25) is 0 Å². The van der Waals surface area contributed by atoms with Crippen molar-refractivity contribution in [2.45, 2.75) is 25.9 Å². The predicted molar refractivity (Wildman–Crippen MR) is 87.7 cm³/mol. The lowest BCUT2D eigenvalue weighted by Crippen LogP contribution is -2.39. The fourth-order valence-corrected chi connectivity index (χ4v) is 1.67. The van der Waals surface area contributed by atoms with Gasteiger partial charge in [-0.2, -0.15) is 0 Å². The second kappa shape index (κ2) is 16.1. The van der Waals surface area contributed by atoms with Gasteiger partial charge in [0.05, 0.1) is 13.2 Å². The largest absolute Gasteiger partial charge is 0.395 e. The quantitative estimate of drug-likeness (QED) is 0.161. The number of nitrogens with one attached hydrogen (secondary N) is 5. The summed E-state index contributed by atoms with van der Waals surface area (Å²) < 4.78 is 0. The molecule has 0 rings (SSSR count). The molecule has 0 aromatic rings. The predicted octanol–water partition coefficient (Wildman–Crippen LogP) is -2.30. The normalized spacial score (nSPS) is 14.3. The van der Waals surface area contributed by atoms with Crippen molar-refractivity contribution in [3.05, 3.63) is 0 Å². The minimum Gasteiger partial charge on any atom is -0.395 e. The lowest BCUT2D eigenvalue weighted by molar-refractivity contribution is 0.252. The lowest BCUT2D eigenvalue weighted by Gasteiger charge is -2.12. The van der Waals surface area contributed by atoms with Gasteiger partial charge in [0, 0.05) is 64.4 Å². The fraction of sp³-hybridized carbons (Fsp3) is 1.00. The van der Waals surface area contributed by atoms with Crippen molar-refractivity contribution in [1.29, 1.82) is 0 Å². The molecule has 0 radical (unpaired) electrons. The second-order valence-corrected chi connectivity index (χ2v) is 5.33. The van der Waals surface area contributed by atoms with E-state index in [1.807, 2.05) is 13.8 Å². The summed E-state index contributed by atoms with van der Waals surface area (Å²) >= 11 is 0. The molecule has 2 atom stereocenters. The molecule has 0 saturated carbocycles. The van der Waals surface area contributed by atoms with E-state index >= 15 is 0 Å². The average Bonchev–Trinajstić information content (AvgIpc) is 2.51. The lowest BCUT2D eigenvalue weighted by atomic mass is 10.3. The molecule has 0 bridgehead atoms. The van der Waals surface area contributed by atoms with Crippen molar-refractivity contribution < 1.29 is 10.2 Å². The van der Waals surface area contributed by atoms with Gasteiger partial charge < -0.3 is 36.8 Å². The van der Waals surface area contributed by atoms with E-state index in [2.05, 4.69) is 26.6 Å². The van der Waals surface area contributed by atoms with E-state index in [0.717, 1.165) is 52.4 Å². The Bertz CT molecular complexity index is 190.